The van der Waals surface area contributed by atoms with E-state index >= 15 is 0 Å². The number of urea groups is 1. The van der Waals surface area contributed by atoms with Gasteiger partial charge in [-0.2, -0.15) is 0 Å². The van der Waals surface area contributed by atoms with Gasteiger partial charge in [0.15, 0.2) is 0 Å². The number of carbonyl (C=O) groups is 1. The quantitative estimate of drug-likeness (QED) is 0.759. The molecule has 0 aromatic heterocycles. The van der Waals surface area contributed by atoms with E-state index in [4.69, 9.17) is 4.74 Å². The lowest BCUT2D eigenvalue weighted by atomic mass is 9.96. The van der Waals surface area contributed by atoms with Gasteiger partial charge in [-0.25, -0.2) is 4.79 Å². The van der Waals surface area contributed by atoms with Crippen LogP contribution in [-0.2, 0) is 10.3 Å². The first-order valence-electron chi connectivity index (χ1n) is 6.48. The van der Waals surface area contributed by atoms with Crippen LogP contribution in [0.4, 0.5) is 4.79 Å². The molecule has 3 N–H and O–H groups in total. The summed E-state index contributed by atoms with van der Waals surface area (Å²) in [5.41, 5.74) is -0.301. The molecule has 5 nitrogen and oxygen atoms in total. The van der Waals surface area contributed by atoms with Crippen molar-refractivity contribution in [1.29, 1.82) is 0 Å². The topological polar surface area (TPSA) is 70.6 Å². The van der Waals surface area contributed by atoms with Crippen LogP contribution in [0.2, 0.25) is 0 Å². The van der Waals surface area contributed by atoms with E-state index in [9.17, 15) is 9.90 Å². The van der Waals surface area contributed by atoms with Crippen molar-refractivity contribution in [2.24, 2.45) is 0 Å². The van der Waals surface area contributed by atoms with Gasteiger partial charge in [-0.1, -0.05) is 30.3 Å². The van der Waals surface area contributed by atoms with Crippen LogP contribution in [0.25, 0.3) is 0 Å². The smallest absolute Gasteiger partial charge is 0.315 e. The Balaban J connectivity index is 1.82. The van der Waals surface area contributed by atoms with E-state index in [-0.39, 0.29) is 18.6 Å². The molecule has 1 fully saturated rings. The number of amides is 2. The van der Waals surface area contributed by atoms with Gasteiger partial charge < -0.3 is 20.5 Å². The average Bonchev–Trinajstić information content (AvgIpc) is 2.90. The Morgan fingerprint density at radius 3 is 2.84 bits per heavy atom. The zero-order valence-electron chi connectivity index (χ0n) is 11.1. The summed E-state index contributed by atoms with van der Waals surface area (Å²) < 4.78 is 5.18. The van der Waals surface area contributed by atoms with E-state index in [1.54, 1.807) is 6.92 Å². The molecule has 1 aliphatic rings. The molecule has 2 amide bonds. The highest BCUT2D eigenvalue weighted by Crippen LogP contribution is 2.18. The van der Waals surface area contributed by atoms with Crippen LogP contribution in [0.3, 0.4) is 0 Å². The van der Waals surface area contributed by atoms with Crippen molar-refractivity contribution in [3.63, 3.8) is 0 Å². The third kappa shape index (κ3) is 3.94. The molecule has 1 heterocycles. The number of benzene rings is 1. The lowest BCUT2D eigenvalue weighted by Gasteiger charge is -2.24. The fourth-order valence-corrected chi connectivity index (χ4v) is 2.04. The first-order chi connectivity index (χ1) is 9.08. The predicted octanol–water partition coefficient (Wildman–Crippen LogP) is 0.982. The predicted molar refractivity (Wildman–Crippen MR) is 71.8 cm³/mol. The van der Waals surface area contributed by atoms with Gasteiger partial charge in [0, 0.05) is 6.61 Å². The second-order valence-corrected chi connectivity index (χ2v) is 5.03. The number of nitrogens with one attached hydrogen (secondary N) is 2. The van der Waals surface area contributed by atoms with Crippen LogP contribution in [0.15, 0.2) is 30.3 Å². The van der Waals surface area contributed by atoms with Crippen LogP contribution in [0.5, 0.6) is 0 Å². The van der Waals surface area contributed by atoms with Crippen molar-refractivity contribution in [3.8, 4) is 0 Å². The fourth-order valence-electron chi connectivity index (χ4n) is 2.04. The van der Waals surface area contributed by atoms with E-state index in [1.807, 2.05) is 30.3 Å². The van der Waals surface area contributed by atoms with Gasteiger partial charge in [0.1, 0.15) is 5.60 Å². The van der Waals surface area contributed by atoms with E-state index in [0.717, 1.165) is 12.0 Å². The molecule has 0 aliphatic carbocycles. The van der Waals surface area contributed by atoms with Gasteiger partial charge in [0.05, 0.1) is 19.2 Å². The first kappa shape index (κ1) is 13.8. The van der Waals surface area contributed by atoms with Crippen LogP contribution in [0, 0.1) is 0 Å². The third-order valence-electron chi connectivity index (χ3n) is 3.25. The number of hydrogen-bond acceptors (Lipinski definition) is 3. The molecule has 2 rings (SSSR count). The fraction of sp³-hybridized carbons (Fsp3) is 0.500. The second kappa shape index (κ2) is 6.04. The van der Waals surface area contributed by atoms with Crippen molar-refractivity contribution in [3.05, 3.63) is 35.9 Å². The van der Waals surface area contributed by atoms with Gasteiger partial charge in [0.2, 0.25) is 0 Å². The van der Waals surface area contributed by atoms with Gasteiger partial charge in [-0.15, -0.1) is 0 Å². The Morgan fingerprint density at radius 2 is 2.21 bits per heavy atom. The highest BCUT2D eigenvalue weighted by molar-refractivity contribution is 5.74. The Kier molecular flexibility index (Phi) is 4.39. The van der Waals surface area contributed by atoms with E-state index in [2.05, 4.69) is 10.6 Å². The number of ether oxygens (including phenoxy) is 1. The molecule has 5 heteroatoms. The number of carbonyl (C=O) groups excluding carboxylic acids is 1. The summed E-state index contributed by atoms with van der Waals surface area (Å²) in [5, 5.41) is 15.8. The highest BCUT2D eigenvalue weighted by atomic mass is 16.5. The Labute approximate surface area is 113 Å². The molecule has 2 unspecified atom stereocenters. The lowest BCUT2D eigenvalue weighted by Crippen LogP contribution is -2.46. The molecule has 19 heavy (non-hydrogen) atoms. The standard InChI is InChI=1S/C14H20N2O3/c1-14(18,11-5-3-2-4-6-11)10-15-13(17)16-12-7-8-19-9-12/h2-6,12,18H,7-10H2,1H3,(H2,15,16,17). The van der Waals surface area contributed by atoms with E-state index in [1.165, 1.54) is 0 Å². The Bertz CT molecular complexity index is 414. The van der Waals surface area contributed by atoms with E-state index < -0.39 is 5.60 Å². The Morgan fingerprint density at radius 1 is 1.47 bits per heavy atom. The number of aliphatic hydroxyl groups is 1. The second-order valence-electron chi connectivity index (χ2n) is 5.03. The summed E-state index contributed by atoms with van der Waals surface area (Å²) in [5.74, 6) is 0. The SMILES string of the molecule is CC(O)(CNC(=O)NC1CCOC1)c1ccccc1. The molecule has 1 saturated heterocycles. The van der Waals surface area contributed by atoms with Crippen molar-refractivity contribution in [1.82, 2.24) is 10.6 Å². The minimum Gasteiger partial charge on any atom is -0.384 e. The molecule has 0 bridgehead atoms. The maximum atomic E-state index is 11.7. The summed E-state index contributed by atoms with van der Waals surface area (Å²) in [6.45, 7) is 3.09. The zero-order valence-corrected chi connectivity index (χ0v) is 11.1. The summed E-state index contributed by atoms with van der Waals surface area (Å²) in [7, 11) is 0. The molecular formula is C14H20N2O3. The molecule has 0 radical (unpaired) electrons. The summed E-state index contributed by atoms with van der Waals surface area (Å²) in [6.07, 6.45) is 0.836. The maximum Gasteiger partial charge on any atom is 0.315 e. The van der Waals surface area contributed by atoms with Crippen LogP contribution in [-0.4, -0.2) is 36.9 Å². The van der Waals surface area contributed by atoms with Gasteiger partial charge in [-0.05, 0) is 18.9 Å². The first-order valence-corrected chi connectivity index (χ1v) is 6.48. The van der Waals surface area contributed by atoms with Crippen molar-refractivity contribution in [2.45, 2.75) is 25.0 Å². The molecule has 1 aromatic carbocycles. The van der Waals surface area contributed by atoms with Crippen molar-refractivity contribution < 1.29 is 14.6 Å². The Hall–Kier alpha value is -1.59. The van der Waals surface area contributed by atoms with Crippen molar-refractivity contribution >= 4 is 6.03 Å². The summed E-state index contributed by atoms with van der Waals surface area (Å²) >= 11 is 0. The molecule has 1 aromatic rings. The molecule has 2 atom stereocenters. The molecule has 0 spiro atoms. The van der Waals surface area contributed by atoms with E-state index in [0.29, 0.717) is 13.2 Å². The number of rotatable bonds is 4. The van der Waals surface area contributed by atoms with Gasteiger partial charge in [0.25, 0.3) is 0 Å². The van der Waals surface area contributed by atoms with Crippen LogP contribution < -0.4 is 10.6 Å². The largest absolute Gasteiger partial charge is 0.384 e. The third-order valence-corrected chi connectivity index (χ3v) is 3.25. The summed E-state index contributed by atoms with van der Waals surface area (Å²) in [6, 6.07) is 9.09. The minimum atomic E-state index is -1.08. The molecule has 1 aliphatic heterocycles. The highest BCUT2D eigenvalue weighted by Gasteiger charge is 2.24. The molecular weight excluding hydrogens is 244 g/mol. The minimum absolute atomic E-state index is 0.0710. The molecule has 104 valence electrons. The van der Waals surface area contributed by atoms with Gasteiger partial charge >= 0.3 is 6.03 Å². The zero-order chi connectivity index (χ0) is 13.7. The lowest BCUT2D eigenvalue weighted by molar-refractivity contribution is 0.0592. The van der Waals surface area contributed by atoms with Crippen molar-refractivity contribution in [2.75, 3.05) is 19.8 Å². The monoisotopic (exact) mass is 264 g/mol. The number of hydrogen-bond donors (Lipinski definition) is 3. The normalized spacial score (nSPS) is 21.7. The van der Waals surface area contributed by atoms with Crippen LogP contribution >= 0.6 is 0 Å². The molecule has 0 saturated carbocycles. The van der Waals surface area contributed by atoms with Gasteiger partial charge in [-0.3, -0.25) is 0 Å². The summed E-state index contributed by atoms with van der Waals surface area (Å²) in [4.78, 5) is 11.7. The maximum absolute atomic E-state index is 11.7. The average molecular weight is 264 g/mol. The van der Waals surface area contributed by atoms with Crippen LogP contribution in [0.1, 0.15) is 18.9 Å².